The standard InChI is InChI=1S/C10H23N3O/c1-3-4-5-6-7-12-8-9(2)10(11)13-14/h9,12,14H,3-8H2,1-2H3,(H2,11,13). The molecular weight excluding hydrogens is 178 g/mol. The van der Waals surface area contributed by atoms with Gasteiger partial charge in [-0.25, -0.2) is 0 Å². The lowest BCUT2D eigenvalue weighted by Crippen LogP contribution is -2.31. The fraction of sp³-hybridized carbons (Fsp3) is 0.900. The molecule has 0 radical (unpaired) electrons. The topological polar surface area (TPSA) is 70.6 Å². The van der Waals surface area contributed by atoms with Crippen LogP contribution in [0.2, 0.25) is 0 Å². The van der Waals surface area contributed by atoms with Crippen molar-refractivity contribution in [2.75, 3.05) is 13.1 Å². The molecule has 0 saturated carbocycles. The molecule has 0 amide bonds. The Morgan fingerprint density at radius 2 is 2.14 bits per heavy atom. The summed E-state index contributed by atoms with van der Waals surface area (Å²) in [7, 11) is 0. The van der Waals surface area contributed by atoms with Crippen molar-refractivity contribution >= 4 is 5.84 Å². The lowest BCUT2D eigenvalue weighted by Gasteiger charge is -2.10. The Labute approximate surface area is 86.6 Å². The maximum atomic E-state index is 8.41. The molecule has 1 atom stereocenters. The minimum Gasteiger partial charge on any atom is -0.409 e. The summed E-state index contributed by atoms with van der Waals surface area (Å²) in [6.07, 6.45) is 5.05. The van der Waals surface area contributed by atoms with E-state index < -0.39 is 0 Å². The summed E-state index contributed by atoms with van der Waals surface area (Å²) in [5, 5.41) is 14.7. The van der Waals surface area contributed by atoms with Gasteiger partial charge in [0.15, 0.2) is 0 Å². The molecule has 1 unspecified atom stereocenters. The summed E-state index contributed by atoms with van der Waals surface area (Å²) >= 11 is 0. The minimum absolute atomic E-state index is 0.103. The highest BCUT2D eigenvalue weighted by Gasteiger charge is 2.05. The number of nitrogens with zero attached hydrogens (tertiary/aromatic N) is 1. The fourth-order valence-corrected chi connectivity index (χ4v) is 1.20. The van der Waals surface area contributed by atoms with Gasteiger partial charge in [-0.15, -0.1) is 0 Å². The van der Waals surface area contributed by atoms with E-state index in [1.807, 2.05) is 6.92 Å². The third-order valence-corrected chi connectivity index (χ3v) is 2.28. The van der Waals surface area contributed by atoms with Crippen molar-refractivity contribution in [3.8, 4) is 0 Å². The Kier molecular flexibility index (Phi) is 8.33. The number of hydrogen-bond donors (Lipinski definition) is 3. The molecule has 0 fully saturated rings. The Balaban J connectivity index is 3.27. The molecule has 0 saturated heterocycles. The third-order valence-electron chi connectivity index (χ3n) is 2.28. The van der Waals surface area contributed by atoms with Crippen LogP contribution in [-0.4, -0.2) is 24.1 Å². The number of hydrogen-bond acceptors (Lipinski definition) is 3. The van der Waals surface area contributed by atoms with Crippen LogP contribution in [0, 0.1) is 5.92 Å². The first-order chi connectivity index (χ1) is 6.72. The zero-order valence-corrected chi connectivity index (χ0v) is 9.29. The van der Waals surface area contributed by atoms with Gasteiger partial charge in [0, 0.05) is 12.5 Å². The highest BCUT2D eigenvalue weighted by atomic mass is 16.4. The van der Waals surface area contributed by atoms with Gasteiger partial charge in [0.2, 0.25) is 0 Å². The third kappa shape index (κ3) is 6.71. The van der Waals surface area contributed by atoms with Crippen molar-refractivity contribution in [2.24, 2.45) is 16.8 Å². The largest absolute Gasteiger partial charge is 0.409 e. The average Bonchev–Trinajstić information content (AvgIpc) is 2.21. The Bertz CT molecular complexity index is 159. The number of nitrogens with one attached hydrogen (secondary N) is 1. The second kappa shape index (κ2) is 8.81. The second-order valence-electron chi connectivity index (χ2n) is 3.69. The van der Waals surface area contributed by atoms with Crippen LogP contribution in [0.15, 0.2) is 5.16 Å². The quantitative estimate of drug-likeness (QED) is 0.183. The SMILES string of the molecule is CCCCCCNCC(C)C(N)=NO. The first-order valence-corrected chi connectivity index (χ1v) is 5.40. The van der Waals surface area contributed by atoms with Crippen LogP contribution in [0.1, 0.15) is 39.5 Å². The van der Waals surface area contributed by atoms with Crippen LogP contribution in [-0.2, 0) is 0 Å². The van der Waals surface area contributed by atoms with Crippen LogP contribution in [0.5, 0.6) is 0 Å². The van der Waals surface area contributed by atoms with E-state index in [1.54, 1.807) is 0 Å². The Morgan fingerprint density at radius 1 is 1.43 bits per heavy atom. The summed E-state index contributed by atoms with van der Waals surface area (Å²) in [6, 6.07) is 0. The molecule has 0 aliphatic rings. The van der Waals surface area contributed by atoms with Gasteiger partial charge in [0.1, 0.15) is 5.84 Å². The molecule has 14 heavy (non-hydrogen) atoms. The van der Waals surface area contributed by atoms with E-state index in [2.05, 4.69) is 17.4 Å². The molecule has 0 aromatic heterocycles. The number of oxime groups is 1. The smallest absolute Gasteiger partial charge is 0.143 e. The predicted molar refractivity (Wildman–Crippen MR) is 59.6 cm³/mol. The summed E-state index contributed by atoms with van der Waals surface area (Å²) in [4.78, 5) is 0. The Morgan fingerprint density at radius 3 is 2.71 bits per heavy atom. The van der Waals surface area contributed by atoms with Crippen molar-refractivity contribution in [2.45, 2.75) is 39.5 Å². The van der Waals surface area contributed by atoms with Gasteiger partial charge in [-0.3, -0.25) is 0 Å². The van der Waals surface area contributed by atoms with Crippen LogP contribution in [0.3, 0.4) is 0 Å². The van der Waals surface area contributed by atoms with E-state index in [1.165, 1.54) is 25.7 Å². The molecule has 84 valence electrons. The van der Waals surface area contributed by atoms with Gasteiger partial charge in [0.25, 0.3) is 0 Å². The van der Waals surface area contributed by atoms with E-state index in [9.17, 15) is 0 Å². The summed E-state index contributed by atoms with van der Waals surface area (Å²) in [6.45, 7) is 5.94. The van der Waals surface area contributed by atoms with Gasteiger partial charge in [0.05, 0.1) is 0 Å². The highest BCUT2D eigenvalue weighted by molar-refractivity contribution is 5.82. The van der Waals surface area contributed by atoms with E-state index in [0.29, 0.717) is 5.84 Å². The highest BCUT2D eigenvalue weighted by Crippen LogP contribution is 1.97. The van der Waals surface area contributed by atoms with Gasteiger partial charge >= 0.3 is 0 Å². The fourth-order valence-electron chi connectivity index (χ4n) is 1.20. The van der Waals surface area contributed by atoms with Crippen molar-refractivity contribution in [3.05, 3.63) is 0 Å². The molecule has 0 aromatic rings. The van der Waals surface area contributed by atoms with Crippen LogP contribution in [0.4, 0.5) is 0 Å². The summed E-state index contributed by atoms with van der Waals surface area (Å²) < 4.78 is 0. The molecule has 0 aromatic carbocycles. The molecule has 0 bridgehead atoms. The molecule has 4 nitrogen and oxygen atoms in total. The Hall–Kier alpha value is -0.770. The molecular formula is C10H23N3O. The second-order valence-corrected chi connectivity index (χ2v) is 3.69. The predicted octanol–water partition coefficient (Wildman–Crippen LogP) is 1.54. The van der Waals surface area contributed by atoms with E-state index >= 15 is 0 Å². The van der Waals surface area contributed by atoms with Gasteiger partial charge in [-0.05, 0) is 13.0 Å². The monoisotopic (exact) mass is 201 g/mol. The van der Waals surface area contributed by atoms with Crippen molar-refractivity contribution in [3.63, 3.8) is 0 Å². The lowest BCUT2D eigenvalue weighted by molar-refractivity contribution is 0.314. The maximum Gasteiger partial charge on any atom is 0.143 e. The zero-order chi connectivity index (χ0) is 10.8. The van der Waals surface area contributed by atoms with Gasteiger partial charge in [-0.1, -0.05) is 38.3 Å². The first kappa shape index (κ1) is 13.2. The molecule has 0 aliphatic carbocycles. The molecule has 0 spiro atoms. The average molecular weight is 201 g/mol. The zero-order valence-electron chi connectivity index (χ0n) is 9.29. The van der Waals surface area contributed by atoms with Gasteiger partial charge in [-0.2, -0.15) is 0 Å². The number of amidine groups is 1. The van der Waals surface area contributed by atoms with Crippen molar-refractivity contribution in [1.82, 2.24) is 5.32 Å². The number of unbranched alkanes of at least 4 members (excludes halogenated alkanes) is 3. The van der Waals surface area contributed by atoms with Crippen LogP contribution in [0.25, 0.3) is 0 Å². The number of rotatable bonds is 8. The number of nitrogens with two attached hydrogens (primary N) is 1. The molecule has 0 heterocycles. The summed E-state index contributed by atoms with van der Waals surface area (Å²) in [5.74, 6) is 0.400. The van der Waals surface area contributed by atoms with Crippen molar-refractivity contribution in [1.29, 1.82) is 0 Å². The summed E-state index contributed by atoms with van der Waals surface area (Å²) in [5.41, 5.74) is 5.44. The molecule has 4 N–H and O–H groups in total. The van der Waals surface area contributed by atoms with Crippen LogP contribution >= 0.6 is 0 Å². The lowest BCUT2D eigenvalue weighted by atomic mass is 10.1. The van der Waals surface area contributed by atoms with Crippen LogP contribution < -0.4 is 11.1 Å². The molecule has 0 aliphatic heterocycles. The van der Waals surface area contributed by atoms with Gasteiger partial charge < -0.3 is 16.3 Å². The van der Waals surface area contributed by atoms with Crippen molar-refractivity contribution < 1.29 is 5.21 Å². The normalized spacial score (nSPS) is 14.3. The maximum absolute atomic E-state index is 8.41. The van der Waals surface area contributed by atoms with E-state index in [0.717, 1.165) is 13.1 Å². The molecule has 0 rings (SSSR count). The molecule has 4 heteroatoms. The van der Waals surface area contributed by atoms with E-state index in [-0.39, 0.29) is 5.92 Å². The first-order valence-electron chi connectivity index (χ1n) is 5.40. The van der Waals surface area contributed by atoms with E-state index in [4.69, 9.17) is 10.9 Å². The minimum atomic E-state index is 0.103.